The zero-order valence-corrected chi connectivity index (χ0v) is 11.9. The van der Waals surface area contributed by atoms with Gasteiger partial charge in [-0.3, -0.25) is 4.79 Å². The number of piperidine rings is 1. The van der Waals surface area contributed by atoms with Crippen LogP contribution < -0.4 is 0 Å². The van der Waals surface area contributed by atoms with Crippen LogP contribution in [0.1, 0.15) is 28.8 Å². The van der Waals surface area contributed by atoms with E-state index >= 15 is 0 Å². The highest BCUT2D eigenvalue weighted by atomic mass is 79.9. The standard InChI is InChI=1S/C13H13BrF3NO/c1-8-5-10(14)9(6-11(8)15)12(19)18-4-2-3-13(16,17)7-18/h5-6H,2-4,7H2,1H3. The Hall–Kier alpha value is -1.04. The lowest BCUT2D eigenvalue weighted by molar-refractivity contribution is -0.0560. The summed E-state index contributed by atoms with van der Waals surface area (Å²) < 4.78 is 40.5. The first-order valence-corrected chi connectivity index (χ1v) is 6.72. The Morgan fingerprint density at radius 3 is 2.74 bits per heavy atom. The Bertz CT molecular complexity index is 519. The predicted octanol–water partition coefficient (Wildman–Crippen LogP) is 3.77. The third-order valence-electron chi connectivity index (χ3n) is 3.16. The maximum atomic E-state index is 13.5. The highest BCUT2D eigenvalue weighted by Crippen LogP contribution is 2.29. The number of hydrogen-bond acceptors (Lipinski definition) is 1. The highest BCUT2D eigenvalue weighted by Gasteiger charge is 2.37. The number of hydrogen-bond donors (Lipinski definition) is 0. The first-order valence-electron chi connectivity index (χ1n) is 5.93. The largest absolute Gasteiger partial charge is 0.333 e. The summed E-state index contributed by atoms with van der Waals surface area (Å²) in [6, 6.07) is 2.57. The quantitative estimate of drug-likeness (QED) is 0.765. The molecule has 104 valence electrons. The number of aryl methyl sites for hydroxylation is 1. The van der Waals surface area contributed by atoms with Crippen LogP contribution in [0.4, 0.5) is 13.2 Å². The molecule has 0 N–H and O–H groups in total. The third-order valence-corrected chi connectivity index (χ3v) is 3.81. The second-order valence-corrected chi connectivity index (χ2v) is 5.62. The summed E-state index contributed by atoms with van der Waals surface area (Å²) in [7, 11) is 0. The van der Waals surface area contributed by atoms with E-state index in [-0.39, 0.29) is 24.9 Å². The number of likely N-dealkylation sites (tertiary alicyclic amines) is 1. The number of amides is 1. The molecule has 0 spiro atoms. The topological polar surface area (TPSA) is 20.3 Å². The molecule has 6 heteroatoms. The summed E-state index contributed by atoms with van der Waals surface area (Å²) in [4.78, 5) is 13.2. The van der Waals surface area contributed by atoms with Crippen molar-refractivity contribution in [2.24, 2.45) is 0 Å². The Morgan fingerprint density at radius 2 is 2.11 bits per heavy atom. The molecule has 1 aromatic carbocycles. The van der Waals surface area contributed by atoms with E-state index < -0.39 is 24.2 Å². The number of alkyl halides is 2. The third kappa shape index (κ3) is 3.11. The van der Waals surface area contributed by atoms with Crippen LogP contribution in [0.5, 0.6) is 0 Å². The van der Waals surface area contributed by atoms with Gasteiger partial charge in [-0.05, 0) is 47.0 Å². The average molecular weight is 336 g/mol. The minimum absolute atomic E-state index is 0.0841. The number of rotatable bonds is 1. The first-order chi connectivity index (χ1) is 8.80. The summed E-state index contributed by atoms with van der Waals surface area (Å²) in [6.45, 7) is 1.24. The van der Waals surface area contributed by atoms with Crippen LogP contribution in [0.25, 0.3) is 0 Å². The van der Waals surface area contributed by atoms with Crippen LogP contribution in [-0.4, -0.2) is 29.8 Å². The fourth-order valence-corrected chi connectivity index (χ4v) is 2.75. The normalized spacial score (nSPS) is 18.5. The van der Waals surface area contributed by atoms with Crippen molar-refractivity contribution in [2.75, 3.05) is 13.1 Å². The van der Waals surface area contributed by atoms with Crippen LogP contribution in [-0.2, 0) is 0 Å². The monoisotopic (exact) mass is 335 g/mol. The summed E-state index contributed by atoms with van der Waals surface area (Å²) in [6.07, 6.45) is 0.0465. The zero-order chi connectivity index (χ0) is 14.2. The molecular formula is C13H13BrF3NO. The smallest absolute Gasteiger partial charge is 0.265 e. The zero-order valence-electron chi connectivity index (χ0n) is 10.4. The Morgan fingerprint density at radius 1 is 1.42 bits per heavy atom. The van der Waals surface area contributed by atoms with E-state index in [1.807, 2.05) is 0 Å². The van der Waals surface area contributed by atoms with Gasteiger partial charge in [0.05, 0.1) is 12.1 Å². The van der Waals surface area contributed by atoms with Crippen LogP contribution in [0, 0.1) is 12.7 Å². The molecule has 1 aliphatic rings. The van der Waals surface area contributed by atoms with Gasteiger partial charge in [0, 0.05) is 17.4 Å². The molecular weight excluding hydrogens is 323 g/mol. The minimum atomic E-state index is -2.86. The number of carbonyl (C=O) groups excluding carboxylic acids is 1. The van der Waals surface area contributed by atoms with Gasteiger partial charge in [-0.25, -0.2) is 13.2 Å². The molecule has 1 amide bonds. The molecule has 0 aromatic heterocycles. The lowest BCUT2D eigenvalue weighted by atomic mass is 10.1. The van der Waals surface area contributed by atoms with E-state index in [0.717, 1.165) is 11.0 Å². The van der Waals surface area contributed by atoms with Crippen LogP contribution in [0.2, 0.25) is 0 Å². The van der Waals surface area contributed by atoms with Crippen molar-refractivity contribution >= 4 is 21.8 Å². The van der Waals surface area contributed by atoms with Gasteiger partial charge < -0.3 is 4.90 Å². The SMILES string of the molecule is Cc1cc(Br)c(C(=O)N2CCCC(F)(F)C2)cc1F. The van der Waals surface area contributed by atoms with Crippen molar-refractivity contribution in [1.29, 1.82) is 0 Å². The van der Waals surface area contributed by atoms with E-state index in [1.165, 1.54) is 6.07 Å². The predicted molar refractivity (Wildman–Crippen MR) is 68.9 cm³/mol. The number of nitrogens with zero attached hydrogens (tertiary/aromatic N) is 1. The van der Waals surface area contributed by atoms with Crippen molar-refractivity contribution in [2.45, 2.75) is 25.7 Å². The maximum absolute atomic E-state index is 13.5. The molecule has 2 rings (SSSR count). The average Bonchev–Trinajstić information content (AvgIpc) is 2.31. The molecule has 1 fully saturated rings. The molecule has 0 unspecified atom stereocenters. The van der Waals surface area contributed by atoms with Crippen LogP contribution in [0.15, 0.2) is 16.6 Å². The number of benzene rings is 1. The molecule has 19 heavy (non-hydrogen) atoms. The van der Waals surface area contributed by atoms with E-state index in [0.29, 0.717) is 10.0 Å². The number of halogens is 4. The molecule has 1 aromatic rings. The molecule has 0 atom stereocenters. The molecule has 2 nitrogen and oxygen atoms in total. The van der Waals surface area contributed by atoms with E-state index in [2.05, 4.69) is 15.9 Å². The summed E-state index contributed by atoms with van der Waals surface area (Å²) in [5, 5.41) is 0. The lowest BCUT2D eigenvalue weighted by Crippen LogP contribution is -2.45. The Labute approximate surface area is 117 Å². The number of carbonyl (C=O) groups is 1. The first kappa shape index (κ1) is 14.4. The molecule has 0 bridgehead atoms. The van der Waals surface area contributed by atoms with Gasteiger partial charge in [-0.2, -0.15) is 0 Å². The van der Waals surface area contributed by atoms with E-state index in [1.54, 1.807) is 6.92 Å². The second-order valence-electron chi connectivity index (χ2n) is 4.77. The van der Waals surface area contributed by atoms with Crippen molar-refractivity contribution in [1.82, 2.24) is 4.90 Å². The Balaban J connectivity index is 2.27. The van der Waals surface area contributed by atoms with Gasteiger partial charge in [0.1, 0.15) is 5.82 Å². The fraction of sp³-hybridized carbons (Fsp3) is 0.462. The van der Waals surface area contributed by atoms with Gasteiger partial charge in [0.25, 0.3) is 11.8 Å². The molecule has 1 aliphatic heterocycles. The lowest BCUT2D eigenvalue weighted by Gasteiger charge is -2.32. The molecule has 1 saturated heterocycles. The van der Waals surface area contributed by atoms with Crippen molar-refractivity contribution in [3.05, 3.63) is 33.5 Å². The van der Waals surface area contributed by atoms with Crippen molar-refractivity contribution < 1.29 is 18.0 Å². The van der Waals surface area contributed by atoms with Gasteiger partial charge >= 0.3 is 0 Å². The summed E-state index contributed by atoms with van der Waals surface area (Å²) >= 11 is 3.18. The van der Waals surface area contributed by atoms with E-state index in [4.69, 9.17) is 0 Å². The van der Waals surface area contributed by atoms with Crippen molar-refractivity contribution in [3.63, 3.8) is 0 Å². The second kappa shape index (κ2) is 5.15. The van der Waals surface area contributed by atoms with Gasteiger partial charge in [0.2, 0.25) is 0 Å². The Kier molecular flexibility index (Phi) is 3.90. The molecule has 0 radical (unpaired) electrons. The van der Waals surface area contributed by atoms with Gasteiger partial charge in [-0.1, -0.05) is 0 Å². The van der Waals surface area contributed by atoms with Crippen molar-refractivity contribution in [3.8, 4) is 0 Å². The van der Waals surface area contributed by atoms with Crippen LogP contribution >= 0.6 is 15.9 Å². The van der Waals surface area contributed by atoms with Gasteiger partial charge in [0.15, 0.2) is 0 Å². The molecule has 0 saturated carbocycles. The highest BCUT2D eigenvalue weighted by molar-refractivity contribution is 9.10. The van der Waals surface area contributed by atoms with Gasteiger partial charge in [-0.15, -0.1) is 0 Å². The summed E-state index contributed by atoms with van der Waals surface area (Å²) in [5.41, 5.74) is 0.480. The maximum Gasteiger partial charge on any atom is 0.265 e. The fourth-order valence-electron chi connectivity index (χ4n) is 2.12. The molecule has 1 heterocycles. The minimum Gasteiger partial charge on any atom is -0.333 e. The van der Waals surface area contributed by atoms with Crippen LogP contribution in [0.3, 0.4) is 0 Å². The summed E-state index contributed by atoms with van der Waals surface area (Å²) in [5.74, 6) is -3.94. The molecule has 0 aliphatic carbocycles. The van der Waals surface area contributed by atoms with E-state index in [9.17, 15) is 18.0 Å².